The number of nitrogens with zero attached hydrogens (tertiary/aromatic N) is 2. The summed E-state index contributed by atoms with van der Waals surface area (Å²) in [5, 5.41) is 9.26. The van der Waals surface area contributed by atoms with E-state index < -0.39 is 68.7 Å². The zero-order valence-electron chi connectivity index (χ0n) is 29.7. The molecule has 0 radical (unpaired) electrons. The van der Waals surface area contributed by atoms with E-state index in [2.05, 4.69) is 20.5 Å². The molecule has 1 saturated heterocycles. The van der Waals surface area contributed by atoms with Crippen LogP contribution in [0.15, 0.2) is 71.9 Å². The summed E-state index contributed by atoms with van der Waals surface area (Å²) in [6.07, 6.45) is 11.0. The predicted molar refractivity (Wildman–Crippen MR) is 197 cm³/mol. The first-order valence-corrected chi connectivity index (χ1v) is 20.3. The second kappa shape index (κ2) is 15.7. The molecule has 5 aliphatic rings. The fraction of sp³-hybridized carbons (Fsp3) is 0.513. The number of benzene rings is 2. The van der Waals surface area contributed by atoms with Crippen LogP contribution >= 0.6 is 0 Å². The van der Waals surface area contributed by atoms with Crippen LogP contribution in [0.1, 0.15) is 82.6 Å². The average molecular weight is 746 g/mol. The van der Waals surface area contributed by atoms with Crippen LogP contribution in [0.25, 0.3) is 11.1 Å². The van der Waals surface area contributed by atoms with Crippen molar-refractivity contribution in [1.82, 2.24) is 20.3 Å². The van der Waals surface area contributed by atoms with Crippen LogP contribution in [0.2, 0.25) is 0 Å². The number of rotatable bonds is 9. The lowest BCUT2D eigenvalue weighted by atomic mass is 9.96. The number of sulfonamides is 1. The molecule has 0 spiro atoms. The van der Waals surface area contributed by atoms with Gasteiger partial charge in [-0.25, -0.2) is 13.2 Å². The van der Waals surface area contributed by atoms with E-state index in [4.69, 9.17) is 9.57 Å². The third-order valence-corrected chi connectivity index (χ3v) is 12.7. The van der Waals surface area contributed by atoms with Gasteiger partial charge >= 0.3 is 6.09 Å². The molecule has 3 aliphatic carbocycles. The Bertz CT molecular complexity index is 1860. The Balaban J connectivity index is 1.11. The van der Waals surface area contributed by atoms with Crippen molar-refractivity contribution in [3.63, 3.8) is 0 Å². The van der Waals surface area contributed by atoms with Gasteiger partial charge in [-0.15, -0.1) is 0 Å². The molecular formula is C39H47N5O8S. The van der Waals surface area contributed by atoms with Crippen LogP contribution in [0.5, 0.6) is 0 Å². The zero-order chi connectivity index (χ0) is 37.0. The van der Waals surface area contributed by atoms with Gasteiger partial charge in [0.05, 0.1) is 18.0 Å². The minimum absolute atomic E-state index is 0.00670. The summed E-state index contributed by atoms with van der Waals surface area (Å²) >= 11 is 0. The van der Waals surface area contributed by atoms with Crippen molar-refractivity contribution in [1.29, 1.82) is 0 Å². The fourth-order valence-corrected chi connectivity index (χ4v) is 8.63. The van der Waals surface area contributed by atoms with Gasteiger partial charge in [-0.3, -0.25) is 19.1 Å². The second-order valence-electron chi connectivity index (χ2n) is 14.9. The van der Waals surface area contributed by atoms with E-state index in [9.17, 15) is 27.6 Å². The molecule has 3 saturated carbocycles. The molecule has 4 fully saturated rings. The van der Waals surface area contributed by atoms with Crippen molar-refractivity contribution in [2.24, 2.45) is 11.1 Å². The molecule has 0 aromatic heterocycles. The molecule has 282 valence electrons. The molecule has 3 N–H and O–H groups in total. The average Bonchev–Trinajstić information content (AvgIpc) is 4.06. The smallest absolute Gasteiger partial charge is 0.408 e. The van der Waals surface area contributed by atoms with Crippen LogP contribution in [0.4, 0.5) is 4.79 Å². The molecule has 14 heteroatoms. The molecule has 2 heterocycles. The predicted octanol–water partition coefficient (Wildman–Crippen LogP) is 4.32. The molecule has 2 aliphatic heterocycles. The summed E-state index contributed by atoms with van der Waals surface area (Å²) in [6.45, 7) is 0.00670. The standard InChI is InChI=1S/C39H47N5O8S/c45-35-34-22-31(52-40-24-26-11-9-14-28(21-26)27-12-5-4-6-13-27)25-44(34)36(46)33(41-38(48)51-30-16-10-17-30)18-8-3-1-2-7-15-29-23-39(29,42-35)37(47)43-53(49,50)32-19-20-32/h4-7,9,11-15,21,24,29-34H,1-3,8,10,16-20,22-23,25H2,(H,41,48)(H,42,45)(H,43,47)/b15-7-,40-24+/t29?,31-,33+,34+,39-/m1/s1. The van der Waals surface area contributed by atoms with E-state index in [1.807, 2.05) is 66.7 Å². The van der Waals surface area contributed by atoms with Gasteiger partial charge in [0.1, 0.15) is 29.8 Å². The molecule has 5 atom stereocenters. The van der Waals surface area contributed by atoms with E-state index >= 15 is 0 Å². The first-order chi connectivity index (χ1) is 25.6. The van der Waals surface area contributed by atoms with Crippen molar-refractivity contribution in [2.45, 2.75) is 112 Å². The van der Waals surface area contributed by atoms with Crippen molar-refractivity contribution < 1.29 is 37.2 Å². The highest BCUT2D eigenvalue weighted by Gasteiger charge is 2.62. The number of nitrogens with one attached hydrogen (secondary N) is 3. The Labute approximate surface area is 310 Å². The highest BCUT2D eigenvalue weighted by molar-refractivity contribution is 7.91. The van der Waals surface area contributed by atoms with Gasteiger partial charge in [-0.05, 0) is 80.5 Å². The molecule has 53 heavy (non-hydrogen) atoms. The Kier molecular flexibility index (Phi) is 10.9. The molecular weight excluding hydrogens is 699 g/mol. The minimum Gasteiger partial charge on any atom is -0.446 e. The number of allylic oxidation sites excluding steroid dienone is 1. The number of carbonyl (C=O) groups is 4. The van der Waals surface area contributed by atoms with Gasteiger partial charge < -0.3 is 25.1 Å². The molecule has 1 unspecified atom stereocenters. The molecule has 2 aromatic carbocycles. The van der Waals surface area contributed by atoms with Gasteiger partial charge in [-0.1, -0.05) is 78.7 Å². The molecule has 4 amide bonds. The summed E-state index contributed by atoms with van der Waals surface area (Å²) in [4.78, 5) is 62.3. The van der Waals surface area contributed by atoms with E-state index in [-0.39, 0.29) is 25.5 Å². The number of fused-ring (bicyclic) bond motifs is 2. The largest absolute Gasteiger partial charge is 0.446 e. The van der Waals surface area contributed by atoms with Crippen LogP contribution in [-0.2, 0) is 34.0 Å². The van der Waals surface area contributed by atoms with Gasteiger partial charge in [0.2, 0.25) is 21.8 Å². The van der Waals surface area contributed by atoms with Crippen molar-refractivity contribution in [2.75, 3.05) is 6.54 Å². The Morgan fingerprint density at radius 2 is 1.72 bits per heavy atom. The SMILES string of the molecule is O=C(N[C@H]1CCCCC/C=C\C2C[C@@]2(C(=O)NS(=O)(=O)C2CC2)NC(=O)[C@@H]2C[C@@H](O/N=C/c3cccc(-c4ccccc4)c3)CN2C1=O)OC1CCC1. The summed E-state index contributed by atoms with van der Waals surface area (Å²) in [5.41, 5.74) is 1.38. The maximum absolute atomic E-state index is 14.3. The van der Waals surface area contributed by atoms with Crippen LogP contribution in [-0.4, -0.2) is 85.0 Å². The third kappa shape index (κ3) is 8.75. The van der Waals surface area contributed by atoms with Crippen molar-refractivity contribution in [3.05, 3.63) is 72.3 Å². The molecule has 13 nitrogen and oxygen atoms in total. The number of ether oxygens (including phenoxy) is 1. The van der Waals surface area contributed by atoms with E-state index in [1.54, 1.807) is 6.21 Å². The summed E-state index contributed by atoms with van der Waals surface area (Å²) in [7, 11) is -3.87. The Morgan fingerprint density at radius 1 is 0.925 bits per heavy atom. The Hall–Kier alpha value is -4.72. The van der Waals surface area contributed by atoms with E-state index in [1.165, 1.54) is 4.90 Å². The summed E-state index contributed by atoms with van der Waals surface area (Å²) in [6, 6.07) is 15.7. The molecule has 2 aromatic rings. The van der Waals surface area contributed by atoms with Crippen LogP contribution < -0.4 is 15.4 Å². The van der Waals surface area contributed by atoms with Gasteiger partial charge in [0, 0.05) is 12.3 Å². The number of hydrogen-bond donors (Lipinski definition) is 3. The van der Waals surface area contributed by atoms with Crippen molar-refractivity contribution >= 4 is 40.1 Å². The molecule has 7 rings (SSSR count). The highest BCUT2D eigenvalue weighted by Crippen LogP contribution is 2.46. The topological polar surface area (TPSA) is 173 Å². The normalized spacial score (nSPS) is 28.6. The van der Waals surface area contributed by atoms with Crippen LogP contribution in [0.3, 0.4) is 0 Å². The number of alkyl carbamates (subject to hydrolysis) is 1. The highest BCUT2D eigenvalue weighted by atomic mass is 32.2. The van der Waals surface area contributed by atoms with Gasteiger partial charge in [0.15, 0.2) is 0 Å². The Morgan fingerprint density at radius 3 is 2.47 bits per heavy atom. The van der Waals surface area contributed by atoms with Crippen molar-refractivity contribution in [3.8, 4) is 11.1 Å². The first-order valence-electron chi connectivity index (χ1n) is 18.8. The number of carbonyl (C=O) groups excluding carboxylic acids is 4. The van der Waals surface area contributed by atoms with Crippen LogP contribution in [0, 0.1) is 5.92 Å². The third-order valence-electron chi connectivity index (χ3n) is 10.9. The second-order valence-corrected chi connectivity index (χ2v) is 16.8. The minimum atomic E-state index is -3.87. The maximum Gasteiger partial charge on any atom is 0.408 e. The molecule has 0 bridgehead atoms. The summed E-state index contributed by atoms with van der Waals surface area (Å²) in [5.74, 6) is -2.25. The summed E-state index contributed by atoms with van der Waals surface area (Å²) < 4.78 is 33.3. The lowest BCUT2D eigenvalue weighted by Gasteiger charge is -2.30. The lowest BCUT2D eigenvalue weighted by Crippen LogP contribution is -2.58. The maximum atomic E-state index is 14.3. The monoisotopic (exact) mass is 745 g/mol. The number of hydrogen-bond acceptors (Lipinski definition) is 9. The van der Waals surface area contributed by atoms with Gasteiger partial charge in [-0.2, -0.15) is 0 Å². The van der Waals surface area contributed by atoms with E-state index in [0.29, 0.717) is 32.1 Å². The fourth-order valence-electron chi connectivity index (χ4n) is 7.26. The van der Waals surface area contributed by atoms with E-state index in [0.717, 1.165) is 48.8 Å². The zero-order valence-corrected chi connectivity index (χ0v) is 30.5. The lowest BCUT2D eigenvalue weighted by molar-refractivity contribution is -0.141. The quantitative estimate of drug-likeness (QED) is 0.193. The first kappa shape index (κ1) is 36.6. The van der Waals surface area contributed by atoms with Gasteiger partial charge in [0.25, 0.3) is 5.91 Å². The number of amides is 4. The number of oxime groups is 1.